The summed E-state index contributed by atoms with van der Waals surface area (Å²) in [6, 6.07) is 11.7. The summed E-state index contributed by atoms with van der Waals surface area (Å²) >= 11 is 0. The molecule has 0 unspecified atom stereocenters. The molecule has 0 amide bonds. The van der Waals surface area contributed by atoms with Crippen molar-refractivity contribution in [2.75, 3.05) is 0 Å². The monoisotopic (exact) mass is 294 g/mol. The van der Waals surface area contributed by atoms with Crippen LogP contribution in [0.1, 0.15) is 37.1 Å². The van der Waals surface area contributed by atoms with Crippen molar-refractivity contribution in [1.29, 1.82) is 0 Å². The molecule has 0 aromatic carbocycles. The van der Waals surface area contributed by atoms with Crippen LogP contribution in [-0.4, -0.2) is 20.7 Å². The van der Waals surface area contributed by atoms with Crippen molar-refractivity contribution < 1.29 is 5.11 Å². The molecule has 0 saturated heterocycles. The Morgan fingerprint density at radius 1 is 0.909 bits per heavy atom. The average Bonchev–Trinajstić information content (AvgIpc) is 2.57. The highest BCUT2D eigenvalue weighted by molar-refractivity contribution is 5.26. The Bertz CT molecular complexity index is 581. The van der Waals surface area contributed by atoms with Gasteiger partial charge in [-0.3, -0.25) is 9.97 Å². The van der Waals surface area contributed by atoms with Crippen molar-refractivity contribution in [3.63, 3.8) is 0 Å². The molecular formula is C19H22N2O. The Balaban J connectivity index is 1.89. The first-order chi connectivity index (χ1) is 10.8. The van der Waals surface area contributed by atoms with Crippen molar-refractivity contribution in [3.8, 4) is 0 Å². The third-order valence-corrected chi connectivity index (χ3v) is 4.29. The molecule has 3 rings (SSSR count). The van der Waals surface area contributed by atoms with Gasteiger partial charge in [0.1, 0.15) is 0 Å². The van der Waals surface area contributed by atoms with E-state index in [4.69, 9.17) is 0 Å². The number of hydrogen-bond acceptors (Lipinski definition) is 3. The van der Waals surface area contributed by atoms with Gasteiger partial charge in [0.25, 0.3) is 0 Å². The smallest absolute Gasteiger partial charge is 0.0967 e. The van der Waals surface area contributed by atoms with Gasteiger partial charge < -0.3 is 5.11 Å². The van der Waals surface area contributed by atoms with Crippen LogP contribution < -0.4 is 0 Å². The van der Waals surface area contributed by atoms with Gasteiger partial charge in [0.2, 0.25) is 0 Å². The van der Waals surface area contributed by atoms with Crippen LogP contribution >= 0.6 is 0 Å². The van der Waals surface area contributed by atoms with E-state index in [1.54, 1.807) is 12.4 Å². The summed E-state index contributed by atoms with van der Waals surface area (Å²) in [6.07, 6.45) is 11.3. The SMILES string of the molecule is OC(Cc1ccccn1)(Cc1ccccn1)C1=CCCCC1. The lowest BCUT2D eigenvalue weighted by molar-refractivity contribution is 0.0714. The van der Waals surface area contributed by atoms with E-state index in [-0.39, 0.29) is 0 Å². The fraction of sp³-hybridized carbons (Fsp3) is 0.368. The summed E-state index contributed by atoms with van der Waals surface area (Å²) in [6.45, 7) is 0. The van der Waals surface area contributed by atoms with E-state index in [2.05, 4.69) is 16.0 Å². The van der Waals surface area contributed by atoms with Gasteiger partial charge in [-0.2, -0.15) is 0 Å². The zero-order valence-corrected chi connectivity index (χ0v) is 12.8. The van der Waals surface area contributed by atoms with Crippen LogP contribution in [0.15, 0.2) is 60.4 Å². The maximum atomic E-state index is 11.4. The van der Waals surface area contributed by atoms with Crippen LogP contribution in [0.4, 0.5) is 0 Å². The van der Waals surface area contributed by atoms with Crippen molar-refractivity contribution in [1.82, 2.24) is 9.97 Å². The van der Waals surface area contributed by atoms with Crippen LogP contribution in [0, 0.1) is 0 Å². The summed E-state index contributed by atoms with van der Waals surface area (Å²) in [5.74, 6) is 0. The molecule has 1 N–H and O–H groups in total. The highest BCUT2D eigenvalue weighted by Gasteiger charge is 2.33. The maximum absolute atomic E-state index is 11.4. The molecule has 0 atom stereocenters. The molecule has 0 radical (unpaired) electrons. The molecule has 0 bridgehead atoms. The summed E-state index contributed by atoms with van der Waals surface area (Å²) in [7, 11) is 0. The van der Waals surface area contributed by atoms with Crippen molar-refractivity contribution in [2.45, 2.75) is 44.1 Å². The van der Waals surface area contributed by atoms with Gasteiger partial charge in [-0.05, 0) is 55.5 Å². The lowest BCUT2D eigenvalue weighted by Gasteiger charge is -2.32. The zero-order valence-electron chi connectivity index (χ0n) is 12.8. The first kappa shape index (κ1) is 14.9. The van der Waals surface area contributed by atoms with Gasteiger partial charge in [0.15, 0.2) is 0 Å². The lowest BCUT2D eigenvalue weighted by Crippen LogP contribution is -2.38. The number of nitrogens with zero attached hydrogens (tertiary/aromatic N) is 2. The maximum Gasteiger partial charge on any atom is 0.0967 e. The Morgan fingerprint density at radius 3 is 2.00 bits per heavy atom. The summed E-state index contributed by atoms with van der Waals surface area (Å²) < 4.78 is 0. The van der Waals surface area contributed by atoms with Crippen molar-refractivity contribution in [3.05, 3.63) is 71.8 Å². The third kappa shape index (κ3) is 3.60. The molecule has 0 spiro atoms. The topological polar surface area (TPSA) is 46.0 Å². The summed E-state index contributed by atoms with van der Waals surface area (Å²) in [4.78, 5) is 8.79. The first-order valence-corrected chi connectivity index (χ1v) is 7.98. The molecule has 0 fully saturated rings. The molecular weight excluding hydrogens is 272 g/mol. The van der Waals surface area contributed by atoms with E-state index in [1.165, 1.54) is 6.42 Å². The Morgan fingerprint density at radius 2 is 1.55 bits per heavy atom. The van der Waals surface area contributed by atoms with Crippen LogP contribution in [0.3, 0.4) is 0 Å². The van der Waals surface area contributed by atoms with Gasteiger partial charge in [0, 0.05) is 36.6 Å². The predicted molar refractivity (Wildman–Crippen MR) is 87.4 cm³/mol. The fourth-order valence-corrected chi connectivity index (χ4v) is 3.16. The molecule has 2 heterocycles. The minimum absolute atomic E-state index is 0.538. The molecule has 3 nitrogen and oxygen atoms in total. The quantitative estimate of drug-likeness (QED) is 0.859. The highest BCUT2D eigenvalue weighted by Crippen LogP contribution is 2.32. The van der Waals surface area contributed by atoms with Crippen LogP contribution in [0.25, 0.3) is 0 Å². The highest BCUT2D eigenvalue weighted by atomic mass is 16.3. The van der Waals surface area contributed by atoms with E-state index in [0.29, 0.717) is 12.8 Å². The molecule has 0 aliphatic heterocycles. The molecule has 2 aromatic rings. The van der Waals surface area contributed by atoms with Crippen LogP contribution in [0.5, 0.6) is 0 Å². The Kier molecular flexibility index (Phi) is 4.64. The molecule has 0 saturated carbocycles. The zero-order chi connectivity index (χ0) is 15.3. The minimum Gasteiger partial charge on any atom is -0.385 e. The molecule has 1 aliphatic rings. The van der Waals surface area contributed by atoms with E-state index in [9.17, 15) is 5.11 Å². The molecule has 22 heavy (non-hydrogen) atoms. The summed E-state index contributed by atoms with van der Waals surface area (Å²) in [5, 5.41) is 11.4. The summed E-state index contributed by atoms with van der Waals surface area (Å²) in [5.41, 5.74) is 2.11. The normalized spacial score (nSPS) is 15.4. The number of rotatable bonds is 5. The van der Waals surface area contributed by atoms with E-state index in [0.717, 1.165) is 36.2 Å². The van der Waals surface area contributed by atoms with Gasteiger partial charge in [-0.25, -0.2) is 0 Å². The van der Waals surface area contributed by atoms with Crippen molar-refractivity contribution >= 4 is 0 Å². The molecule has 2 aromatic heterocycles. The average molecular weight is 294 g/mol. The first-order valence-electron chi connectivity index (χ1n) is 7.98. The van der Waals surface area contributed by atoms with Gasteiger partial charge in [-0.15, -0.1) is 0 Å². The standard InChI is InChI=1S/C19H22N2O/c22-19(16-8-2-1-3-9-16,14-17-10-4-6-12-20-17)15-18-11-5-7-13-21-18/h4-8,10-13,22H,1-3,9,14-15H2. The van der Waals surface area contributed by atoms with Crippen molar-refractivity contribution in [2.24, 2.45) is 0 Å². The second-order valence-corrected chi connectivity index (χ2v) is 6.00. The van der Waals surface area contributed by atoms with E-state index < -0.39 is 5.60 Å². The molecule has 1 aliphatic carbocycles. The number of pyridine rings is 2. The number of aliphatic hydroxyl groups is 1. The second-order valence-electron chi connectivity index (χ2n) is 6.00. The van der Waals surface area contributed by atoms with Gasteiger partial charge in [-0.1, -0.05) is 18.2 Å². The number of hydrogen-bond donors (Lipinski definition) is 1. The van der Waals surface area contributed by atoms with Gasteiger partial charge >= 0.3 is 0 Å². The van der Waals surface area contributed by atoms with Crippen LogP contribution in [0.2, 0.25) is 0 Å². The molecule has 114 valence electrons. The lowest BCUT2D eigenvalue weighted by atomic mass is 9.79. The third-order valence-electron chi connectivity index (χ3n) is 4.29. The largest absolute Gasteiger partial charge is 0.385 e. The number of allylic oxidation sites excluding steroid dienone is 1. The van der Waals surface area contributed by atoms with E-state index >= 15 is 0 Å². The molecule has 3 heteroatoms. The Hall–Kier alpha value is -2.00. The minimum atomic E-state index is -0.886. The van der Waals surface area contributed by atoms with Crippen LogP contribution in [-0.2, 0) is 12.8 Å². The number of aromatic nitrogens is 2. The van der Waals surface area contributed by atoms with Gasteiger partial charge in [0.05, 0.1) is 5.60 Å². The predicted octanol–water partition coefficient (Wildman–Crippen LogP) is 3.49. The fourth-order valence-electron chi connectivity index (χ4n) is 3.16. The van der Waals surface area contributed by atoms with E-state index in [1.807, 2.05) is 36.4 Å². The Labute approximate surface area is 131 Å². The second kappa shape index (κ2) is 6.84.